The lowest BCUT2D eigenvalue weighted by Crippen LogP contribution is -2.31. The molecular formula is C19H22FNO4S. The van der Waals surface area contributed by atoms with Gasteiger partial charge in [0.15, 0.2) is 11.6 Å². The van der Waals surface area contributed by atoms with Gasteiger partial charge in [-0.05, 0) is 56.3 Å². The second kappa shape index (κ2) is 8.23. The molecular weight excluding hydrogens is 357 g/mol. The largest absolute Gasteiger partial charge is 0.494 e. The Kier molecular flexibility index (Phi) is 6.26. The van der Waals surface area contributed by atoms with Crippen molar-refractivity contribution in [2.24, 2.45) is 0 Å². The molecule has 5 nitrogen and oxygen atoms in total. The van der Waals surface area contributed by atoms with Crippen molar-refractivity contribution in [2.45, 2.75) is 24.8 Å². The number of anilines is 1. The maximum atomic E-state index is 14.0. The van der Waals surface area contributed by atoms with Gasteiger partial charge in [-0.15, -0.1) is 6.58 Å². The van der Waals surface area contributed by atoms with E-state index in [2.05, 4.69) is 6.58 Å². The number of benzene rings is 2. The van der Waals surface area contributed by atoms with E-state index in [4.69, 9.17) is 9.47 Å². The molecule has 0 saturated heterocycles. The van der Waals surface area contributed by atoms with Gasteiger partial charge in [0, 0.05) is 0 Å². The summed E-state index contributed by atoms with van der Waals surface area (Å²) in [6, 6.07) is 10.2. The van der Waals surface area contributed by atoms with Crippen LogP contribution in [0.2, 0.25) is 0 Å². The van der Waals surface area contributed by atoms with Gasteiger partial charge in [-0.1, -0.05) is 6.08 Å². The predicted molar refractivity (Wildman–Crippen MR) is 99.9 cm³/mol. The summed E-state index contributed by atoms with van der Waals surface area (Å²) < 4.78 is 51.5. The van der Waals surface area contributed by atoms with Crippen LogP contribution in [0.15, 0.2) is 60.0 Å². The SMILES string of the molecule is C=CCN(c1ccc(OC(C)C)cc1)S(=O)(=O)c1ccc(OC)c(F)c1. The fourth-order valence-corrected chi connectivity index (χ4v) is 3.81. The van der Waals surface area contributed by atoms with Crippen LogP contribution < -0.4 is 13.8 Å². The lowest BCUT2D eigenvalue weighted by atomic mass is 10.3. The predicted octanol–water partition coefficient (Wildman–Crippen LogP) is 4.00. The Bertz CT molecular complexity index is 864. The van der Waals surface area contributed by atoms with Gasteiger partial charge in [0.25, 0.3) is 10.0 Å². The Morgan fingerprint density at radius 1 is 1.19 bits per heavy atom. The van der Waals surface area contributed by atoms with E-state index in [0.717, 1.165) is 10.4 Å². The van der Waals surface area contributed by atoms with Crippen LogP contribution in [0.3, 0.4) is 0 Å². The number of hydrogen-bond acceptors (Lipinski definition) is 4. The number of nitrogens with zero attached hydrogens (tertiary/aromatic N) is 1. The highest BCUT2D eigenvalue weighted by Gasteiger charge is 2.25. The van der Waals surface area contributed by atoms with Crippen molar-refractivity contribution in [3.05, 3.63) is 60.9 Å². The molecule has 0 aromatic heterocycles. The molecule has 7 heteroatoms. The number of rotatable bonds is 8. The molecule has 0 N–H and O–H groups in total. The maximum absolute atomic E-state index is 14.0. The van der Waals surface area contributed by atoms with Crippen molar-refractivity contribution in [1.29, 1.82) is 0 Å². The summed E-state index contributed by atoms with van der Waals surface area (Å²) in [5.74, 6) is -0.127. The quantitative estimate of drug-likeness (QED) is 0.651. The minimum absolute atomic E-state index is 0.0103. The van der Waals surface area contributed by atoms with Crippen LogP contribution in [0.25, 0.3) is 0 Å². The second-order valence-electron chi connectivity index (χ2n) is 5.78. The van der Waals surface area contributed by atoms with E-state index in [1.807, 2.05) is 13.8 Å². The Morgan fingerprint density at radius 3 is 2.35 bits per heavy atom. The number of halogens is 1. The van der Waals surface area contributed by atoms with Crippen LogP contribution in [0.5, 0.6) is 11.5 Å². The summed E-state index contributed by atoms with van der Waals surface area (Å²) in [4.78, 5) is -0.167. The highest BCUT2D eigenvalue weighted by atomic mass is 32.2. The fourth-order valence-electron chi connectivity index (χ4n) is 2.36. The van der Waals surface area contributed by atoms with Gasteiger partial charge >= 0.3 is 0 Å². The molecule has 0 unspecified atom stereocenters. The third-order valence-electron chi connectivity index (χ3n) is 3.50. The van der Waals surface area contributed by atoms with Crippen LogP contribution >= 0.6 is 0 Å². The Balaban J connectivity index is 2.41. The zero-order valence-electron chi connectivity index (χ0n) is 15.0. The molecule has 0 amide bonds. The average Bonchev–Trinajstić information content (AvgIpc) is 2.60. The summed E-state index contributed by atoms with van der Waals surface area (Å²) >= 11 is 0. The highest BCUT2D eigenvalue weighted by Crippen LogP contribution is 2.28. The molecule has 26 heavy (non-hydrogen) atoms. The molecule has 0 fully saturated rings. The van der Waals surface area contributed by atoms with Crippen LogP contribution in [0.4, 0.5) is 10.1 Å². The summed E-state index contributed by atoms with van der Waals surface area (Å²) in [5, 5.41) is 0. The molecule has 0 aliphatic heterocycles. The van der Waals surface area contributed by atoms with Crippen LogP contribution in [-0.4, -0.2) is 28.2 Å². The molecule has 2 aromatic carbocycles. The normalized spacial score (nSPS) is 11.3. The third-order valence-corrected chi connectivity index (χ3v) is 5.29. The van der Waals surface area contributed by atoms with Crippen molar-refractivity contribution in [3.8, 4) is 11.5 Å². The number of hydrogen-bond donors (Lipinski definition) is 0. The standard InChI is InChI=1S/C19H22FNO4S/c1-5-12-21(15-6-8-16(9-7-15)25-14(2)3)26(22,23)17-10-11-19(24-4)18(20)13-17/h5-11,13-14H,1,12H2,2-4H3. The first-order valence-corrected chi connectivity index (χ1v) is 9.47. The zero-order valence-corrected chi connectivity index (χ0v) is 15.8. The fraction of sp³-hybridized carbons (Fsp3) is 0.263. The molecule has 140 valence electrons. The van der Waals surface area contributed by atoms with Crippen molar-refractivity contribution < 1.29 is 22.3 Å². The Labute approximate surface area is 153 Å². The minimum atomic E-state index is -3.97. The molecule has 0 radical (unpaired) electrons. The smallest absolute Gasteiger partial charge is 0.264 e. The molecule has 0 atom stereocenters. The first-order valence-electron chi connectivity index (χ1n) is 8.03. The van der Waals surface area contributed by atoms with Crippen LogP contribution in [-0.2, 0) is 10.0 Å². The second-order valence-corrected chi connectivity index (χ2v) is 7.64. The molecule has 2 rings (SSSR count). The van der Waals surface area contributed by atoms with Crippen molar-refractivity contribution in [1.82, 2.24) is 0 Å². The lowest BCUT2D eigenvalue weighted by molar-refractivity contribution is 0.242. The Morgan fingerprint density at radius 2 is 1.85 bits per heavy atom. The van der Waals surface area contributed by atoms with Gasteiger partial charge < -0.3 is 9.47 Å². The van der Waals surface area contributed by atoms with Gasteiger partial charge in [0.05, 0.1) is 30.3 Å². The van der Waals surface area contributed by atoms with E-state index in [1.54, 1.807) is 24.3 Å². The van der Waals surface area contributed by atoms with E-state index >= 15 is 0 Å². The van der Waals surface area contributed by atoms with Crippen LogP contribution in [0.1, 0.15) is 13.8 Å². The molecule has 2 aromatic rings. The van der Waals surface area contributed by atoms with Crippen molar-refractivity contribution in [3.63, 3.8) is 0 Å². The molecule has 0 aliphatic rings. The van der Waals surface area contributed by atoms with Gasteiger partial charge in [-0.2, -0.15) is 0 Å². The molecule has 0 spiro atoms. The molecule has 0 heterocycles. The summed E-state index contributed by atoms with van der Waals surface area (Å²) in [6.45, 7) is 7.46. The number of methoxy groups -OCH3 is 1. The Hall–Kier alpha value is -2.54. The van der Waals surface area contributed by atoms with Gasteiger partial charge in [-0.3, -0.25) is 4.31 Å². The first kappa shape index (κ1) is 19.8. The monoisotopic (exact) mass is 379 g/mol. The summed E-state index contributed by atoms with van der Waals surface area (Å²) in [5.41, 5.74) is 0.428. The maximum Gasteiger partial charge on any atom is 0.264 e. The topological polar surface area (TPSA) is 55.8 Å². The third kappa shape index (κ3) is 4.35. The zero-order chi connectivity index (χ0) is 19.3. The van der Waals surface area contributed by atoms with E-state index in [1.165, 1.54) is 25.3 Å². The minimum Gasteiger partial charge on any atom is -0.494 e. The van der Waals surface area contributed by atoms with Gasteiger partial charge in [0.1, 0.15) is 5.75 Å². The summed E-state index contributed by atoms with van der Waals surface area (Å²) in [7, 11) is -2.66. The molecule has 0 saturated carbocycles. The van der Waals surface area contributed by atoms with Crippen molar-refractivity contribution in [2.75, 3.05) is 18.0 Å². The van der Waals surface area contributed by atoms with E-state index in [0.29, 0.717) is 11.4 Å². The van der Waals surface area contributed by atoms with Crippen LogP contribution in [0, 0.1) is 5.82 Å². The van der Waals surface area contributed by atoms with Gasteiger partial charge in [0.2, 0.25) is 0 Å². The van der Waals surface area contributed by atoms with E-state index in [9.17, 15) is 12.8 Å². The van der Waals surface area contributed by atoms with E-state index in [-0.39, 0.29) is 23.3 Å². The van der Waals surface area contributed by atoms with Gasteiger partial charge in [-0.25, -0.2) is 12.8 Å². The average molecular weight is 379 g/mol. The van der Waals surface area contributed by atoms with Crippen molar-refractivity contribution >= 4 is 15.7 Å². The molecule has 0 bridgehead atoms. The first-order chi connectivity index (χ1) is 12.3. The number of sulfonamides is 1. The molecule has 0 aliphatic carbocycles. The number of ether oxygens (including phenoxy) is 2. The lowest BCUT2D eigenvalue weighted by Gasteiger charge is -2.23. The summed E-state index contributed by atoms with van der Waals surface area (Å²) in [6.07, 6.45) is 1.48. The van der Waals surface area contributed by atoms with E-state index < -0.39 is 15.8 Å². The highest BCUT2D eigenvalue weighted by molar-refractivity contribution is 7.92.